The SMILES string of the molecule is COC(=O)OC(=O)O.NC(N)=NCCC[C@H](N)C(=O)O. The zero-order chi connectivity index (χ0) is 16.1. The highest BCUT2D eigenvalue weighted by molar-refractivity contribution is 5.76. The fourth-order valence-corrected chi connectivity index (χ4v) is 0.756. The smallest absolute Gasteiger partial charge is 0.480 e. The predicted octanol–water partition coefficient (Wildman–Crippen LogP) is -1.10. The maximum absolute atomic E-state index is 10.2. The van der Waals surface area contributed by atoms with Crippen molar-refractivity contribution in [2.45, 2.75) is 18.9 Å². The highest BCUT2D eigenvalue weighted by Gasteiger charge is 2.09. The van der Waals surface area contributed by atoms with Crippen molar-refractivity contribution in [3.05, 3.63) is 0 Å². The molecule has 0 aromatic carbocycles. The Kier molecular flexibility index (Phi) is 11.4. The molecule has 1 atom stereocenters. The van der Waals surface area contributed by atoms with Gasteiger partial charge in [0, 0.05) is 6.54 Å². The first-order valence-electron chi connectivity index (χ1n) is 5.23. The van der Waals surface area contributed by atoms with Crippen LogP contribution in [-0.4, -0.2) is 54.1 Å². The Morgan fingerprint density at radius 3 is 2.10 bits per heavy atom. The van der Waals surface area contributed by atoms with Gasteiger partial charge in [-0.3, -0.25) is 9.79 Å². The Hall–Kier alpha value is -2.56. The van der Waals surface area contributed by atoms with Gasteiger partial charge in [0.25, 0.3) is 0 Å². The minimum atomic E-state index is -1.67. The Morgan fingerprint density at radius 2 is 1.80 bits per heavy atom. The molecule has 0 aromatic rings. The van der Waals surface area contributed by atoms with Crippen LogP contribution in [0.25, 0.3) is 0 Å². The van der Waals surface area contributed by atoms with Crippen molar-refractivity contribution in [1.82, 2.24) is 0 Å². The number of guanidine groups is 1. The van der Waals surface area contributed by atoms with E-state index in [0.717, 1.165) is 7.11 Å². The lowest BCUT2D eigenvalue weighted by atomic mass is 10.2. The van der Waals surface area contributed by atoms with Crippen LogP contribution in [0.15, 0.2) is 4.99 Å². The zero-order valence-electron chi connectivity index (χ0n) is 10.8. The number of nitrogens with two attached hydrogens (primary N) is 3. The summed E-state index contributed by atoms with van der Waals surface area (Å²) in [5.41, 5.74) is 15.3. The number of ether oxygens (including phenoxy) is 2. The Balaban J connectivity index is 0. The summed E-state index contributed by atoms with van der Waals surface area (Å²) in [5, 5.41) is 16.1. The molecule has 0 rings (SSSR count). The standard InChI is InChI=1S/C6H14N4O2.C3H4O5/c7-4(5(11)12)2-1-3-10-6(8)9;1-7-3(6)8-2(4)5/h4H,1-3,7H2,(H,11,12)(H4,8,9,10);1H3,(H,4,5)/t4-;/m0./s1. The third-order valence-electron chi connectivity index (χ3n) is 1.62. The maximum Gasteiger partial charge on any atom is 0.518 e. The van der Waals surface area contributed by atoms with Gasteiger partial charge in [-0.2, -0.15) is 0 Å². The summed E-state index contributed by atoms with van der Waals surface area (Å²) in [5.74, 6) is -0.987. The van der Waals surface area contributed by atoms with Gasteiger partial charge in [0.05, 0.1) is 7.11 Å². The molecule has 0 aliphatic carbocycles. The largest absolute Gasteiger partial charge is 0.518 e. The lowest BCUT2D eigenvalue weighted by Crippen LogP contribution is -2.30. The minimum absolute atomic E-state index is 0.0129. The van der Waals surface area contributed by atoms with E-state index in [4.69, 9.17) is 27.4 Å². The molecule has 20 heavy (non-hydrogen) atoms. The molecule has 0 fully saturated rings. The molecule has 0 unspecified atom stereocenters. The van der Waals surface area contributed by atoms with E-state index >= 15 is 0 Å². The van der Waals surface area contributed by atoms with Crippen LogP contribution < -0.4 is 17.2 Å². The number of hydrogen-bond donors (Lipinski definition) is 5. The molecule has 11 nitrogen and oxygen atoms in total. The van der Waals surface area contributed by atoms with Gasteiger partial charge in [0.15, 0.2) is 5.96 Å². The van der Waals surface area contributed by atoms with Crippen LogP contribution in [0, 0.1) is 0 Å². The molecule has 0 aromatic heterocycles. The number of aliphatic carboxylic acids is 1. The molecule has 0 aliphatic heterocycles. The lowest BCUT2D eigenvalue weighted by molar-refractivity contribution is -0.138. The van der Waals surface area contributed by atoms with E-state index in [1.807, 2.05) is 0 Å². The molecule has 0 radical (unpaired) electrons. The fourth-order valence-electron chi connectivity index (χ4n) is 0.756. The van der Waals surface area contributed by atoms with E-state index in [9.17, 15) is 14.4 Å². The third kappa shape index (κ3) is 15.4. The number of nitrogens with zero attached hydrogens (tertiary/aromatic N) is 1. The van der Waals surface area contributed by atoms with E-state index in [1.165, 1.54) is 0 Å². The van der Waals surface area contributed by atoms with Crippen LogP contribution in [0.1, 0.15) is 12.8 Å². The summed E-state index contributed by atoms with van der Waals surface area (Å²) in [6.07, 6.45) is -1.94. The number of carboxylic acids is 1. The molecule has 0 aliphatic rings. The van der Waals surface area contributed by atoms with Gasteiger partial charge in [-0.05, 0) is 12.8 Å². The van der Waals surface area contributed by atoms with E-state index in [1.54, 1.807) is 0 Å². The van der Waals surface area contributed by atoms with Gasteiger partial charge in [0.2, 0.25) is 0 Å². The van der Waals surface area contributed by atoms with Crippen LogP contribution in [0.2, 0.25) is 0 Å². The van der Waals surface area contributed by atoms with Crippen LogP contribution >= 0.6 is 0 Å². The summed E-state index contributed by atoms with van der Waals surface area (Å²) in [7, 11) is 1.02. The number of methoxy groups -OCH3 is 1. The van der Waals surface area contributed by atoms with E-state index in [-0.39, 0.29) is 5.96 Å². The first-order valence-corrected chi connectivity index (χ1v) is 5.23. The summed E-state index contributed by atoms with van der Waals surface area (Å²) >= 11 is 0. The molecule has 0 saturated carbocycles. The average molecular weight is 294 g/mol. The number of rotatable bonds is 5. The summed E-state index contributed by atoms with van der Waals surface area (Å²) in [4.78, 5) is 33.1. The van der Waals surface area contributed by atoms with Gasteiger partial charge in [-0.15, -0.1) is 0 Å². The number of carbonyl (C=O) groups is 3. The second-order valence-electron chi connectivity index (χ2n) is 3.22. The number of carbonyl (C=O) groups excluding carboxylic acids is 1. The quantitative estimate of drug-likeness (QED) is 0.136. The van der Waals surface area contributed by atoms with Gasteiger partial charge in [0.1, 0.15) is 6.04 Å². The van der Waals surface area contributed by atoms with Crippen molar-refractivity contribution in [3.63, 3.8) is 0 Å². The van der Waals surface area contributed by atoms with Crippen molar-refractivity contribution >= 4 is 24.2 Å². The Labute approximate surface area is 114 Å². The first-order chi connectivity index (χ1) is 9.20. The van der Waals surface area contributed by atoms with Crippen molar-refractivity contribution in [3.8, 4) is 0 Å². The molecule has 116 valence electrons. The van der Waals surface area contributed by atoms with Crippen LogP contribution in [0.3, 0.4) is 0 Å². The molecule has 0 bridgehead atoms. The average Bonchev–Trinajstić information content (AvgIpc) is 2.33. The van der Waals surface area contributed by atoms with Crippen molar-refractivity contribution < 1.29 is 34.1 Å². The number of carboxylic acid groups (broad SMARTS) is 2. The monoisotopic (exact) mass is 294 g/mol. The predicted molar refractivity (Wildman–Crippen MR) is 67.0 cm³/mol. The molecule has 0 spiro atoms. The maximum atomic E-state index is 10.2. The minimum Gasteiger partial charge on any atom is -0.480 e. The first kappa shape index (κ1) is 19.8. The van der Waals surface area contributed by atoms with Gasteiger partial charge in [-0.1, -0.05) is 0 Å². The fraction of sp³-hybridized carbons (Fsp3) is 0.556. The summed E-state index contributed by atoms with van der Waals surface area (Å²) in [6.45, 7) is 0.420. The lowest BCUT2D eigenvalue weighted by Gasteiger charge is -2.03. The molecule has 0 saturated heterocycles. The second kappa shape index (κ2) is 11.5. The van der Waals surface area contributed by atoms with Crippen LogP contribution in [0.4, 0.5) is 9.59 Å². The zero-order valence-corrected chi connectivity index (χ0v) is 10.8. The summed E-state index contributed by atoms with van der Waals surface area (Å²) in [6, 6.07) is -0.820. The molecule has 8 N–H and O–H groups in total. The van der Waals surface area contributed by atoms with Crippen LogP contribution in [0.5, 0.6) is 0 Å². The molecule has 0 heterocycles. The van der Waals surface area contributed by atoms with Crippen molar-refractivity contribution in [2.75, 3.05) is 13.7 Å². The number of hydrogen-bond acceptors (Lipinski definition) is 7. The molecule has 11 heteroatoms. The topological polar surface area (TPSA) is 201 Å². The van der Waals surface area contributed by atoms with Crippen molar-refractivity contribution in [2.24, 2.45) is 22.2 Å². The molecular weight excluding hydrogens is 276 g/mol. The normalized spacial score (nSPS) is 10.3. The third-order valence-corrected chi connectivity index (χ3v) is 1.62. The molecular formula is C9H18N4O7. The van der Waals surface area contributed by atoms with Crippen LogP contribution in [-0.2, 0) is 14.3 Å². The van der Waals surface area contributed by atoms with Gasteiger partial charge < -0.3 is 36.9 Å². The Morgan fingerprint density at radius 1 is 1.25 bits per heavy atom. The summed E-state index contributed by atoms with van der Waals surface area (Å²) < 4.78 is 7.27. The Bertz CT molecular complexity index is 354. The highest BCUT2D eigenvalue weighted by Crippen LogP contribution is 1.94. The number of aliphatic imine (C=N–C) groups is 1. The van der Waals surface area contributed by atoms with E-state index < -0.39 is 24.3 Å². The second-order valence-corrected chi connectivity index (χ2v) is 3.22. The molecule has 0 amide bonds. The van der Waals surface area contributed by atoms with Gasteiger partial charge >= 0.3 is 18.3 Å². The highest BCUT2D eigenvalue weighted by atomic mass is 16.8. The van der Waals surface area contributed by atoms with E-state index in [2.05, 4.69) is 14.5 Å². The van der Waals surface area contributed by atoms with Gasteiger partial charge in [-0.25, -0.2) is 9.59 Å². The van der Waals surface area contributed by atoms with E-state index in [0.29, 0.717) is 19.4 Å². The van der Waals surface area contributed by atoms with Crippen molar-refractivity contribution in [1.29, 1.82) is 0 Å².